The fourth-order valence-electron chi connectivity index (χ4n) is 1.37. The monoisotopic (exact) mass is 187 g/mol. The standard InChI is InChI=1S/C10H9N3O/c1-2-3-7-4-8-5-11-6-12-9(8)13-10(7)14/h2,4-7H,1,3H2. The second-order valence-electron chi connectivity index (χ2n) is 3.05. The molecule has 0 N–H and O–H groups in total. The Labute approximate surface area is 80.7 Å². The van der Waals surface area contributed by atoms with E-state index in [4.69, 9.17) is 0 Å². The van der Waals surface area contributed by atoms with Crippen molar-refractivity contribution in [2.45, 2.75) is 6.42 Å². The Kier molecular flexibility index (Phi) is 2.18. The van der Waals surface area contributed by atoms with E-state index in [1.54, 1.807) is 12.3 Å². The van der Waals surface area contributed by atoms with E-state index in [1.807, 2.05) is 6.08 Å². The molecular formula is C10H9N3O. The Bertz CT molecular complexity index is 492. The van der Waals surface area contributed by atoms with E-state index in [0.29, 0.717) is 11.9 Å². The lowest BCUT2D eigenvalue weighted by molar-refractivity contribution is -0.120. The summed E-state index contributed by atoms with van der Waals surface area (Å²) in [7, 11) is 0. The highest BCUT2D eigenvalue weighted by molar-refractivity contribution is 5.86. The molecule has 0 aromatic carbocycles. The summed E-state index contributed by atoms with van der Waals surface area (Å²) in [5, 5.41) is 0.818. The Balaban J connectivity index is 2.55. The maximum Gasteiger partial charge on any atom is 0.254 e. The Hall–Kier alpha value is -1.84. The van der Waals surface area contributed by atoms with Crippen LogP contribution in [0.3, 0.4) is 0 Å². The van der Waals surface area contributed by atoms with Gasteiger partial charge in [-0.3, -0.25) is 4.79 Å². The summed E-state index contributed by atoms with van der Waals surface area (Å²) in [6.45, 7) is 3.60. The van der Waals surface area contributed by atoms with Crippen molar-refractivity contribution >= 4 is 12.0 Å². The maximum absolute atomic E-state index is 11.4. The zero-order valence-electron chi connectivity index (χ0n) is 7.55. The zero-order chi connectivity index (χ0) is 9.97. The van der Waals surface area contributed by atoms with Crippen molar-refractivity contribution in [1.29, 1.82) is 0 Å². The molecule has 1 aromatic rings. The average Bonchev–Trinajstić information content (AvgIpc) is 2.19. The number of amides is 1. The first-order chi connectivity index (χ1) is 6.81. The quantitative estimate of drug-likeness (QED) is 0.592. The molecule has 0 radical (unpaired) electrons. The minimum Gasteiger partial charge on any atom is -0.272 e. The third-order valence-corrected chi connectivity index (χ3v) is 2.05. The molecule has 1 aliphatic rings. The molecule has 1 aliphatic heterocycles. The van der Waals surface area contributed by atoms with Crippen LogP contribution in [0.4, 0.5) is 0 Å². The number of nitrogens with zero attached hydrogens (tertiary/aromatic N) is 3. The van der Waals surface area contributed by atoms with Gasteiger partial charge in [-0.1, -0.05) is 12.2 Å². The molecule has 1 aromatic heterocycles. The first-order valence-electron chi connectivity index (χ1n) is 4.32. The van der Waals surface area contributed by atoms with Gasteiger partial charge in [0.2, 0.25) is 0 Å². The number of aromatic nitrogens is 2. The molecule has 14 heavy (non-hydrogen) atoms. The predicted octanol–water partition coefficient (Wildman–Crippen LogP) is -0.391. The summed E-state index contributed by atoms with van der Waals surface area (Å²) in [6.07, 6.45) is 7.21. The highest BCUT2D eigenvalue weighted by Crippen LogP contribution is 2.08. The Morgan fingerprint density at radius 1 is 1.57 bits per heavy atom. The zero-order valence-corrected chi connectivity index (χ0v) is 7.55. The van der Waals surface area contributed by atoms with Gasteiger partial charge in [-0.15, -0.1) is 6.58 Å². The molecule has 2 rings (SSSR count). The second-order valence-corrected chi connectivity index (χ2v) is 3.05. The molecule has 0 saturated heterocycles. The molecule has 1 unspecified atom stereocenters. The fraction of sp³-hybridized carbons (Fsp3) is 0.200. The highest BCUT2D eigenvalue weighted by Gasteiger charge is 2.16. The van der Waals surface area contributed by atoms with Gasteiger partial charge in [0.05, 0.1) is 5.92 Å². The van der Waals surface area contributed by atoms with Crippen molar-refractivity contribution in [1.82, 2.24) is 9.97 Å². The minimum atomic E-state index is -0.203. The van der Waals surface area contributed by atoms with Gasteiger partial charge in [0, 0.05) is 11.4 Å². The van der Waals surface area contributed by atoms with E-state index in [9.17, 15) is 4.79 Å². The molecule has 0 aliphatic carbocycles. The number of carbonyl (C=O) groups is 1. The van der Waals surface area contributed by atoms with Crippen LogP contribution in [-0.2, 0) is 4.79 Å². The predicted molar refractivity (Wildman–Crippen MR) is 50.6 cm³/mol. The summed E-state index contributed by atoms with van der Waals surface area (Å²) < 4.78 is 0. The molecule has 1 atom stereocenters. The van der Waals surface area contributed by atoms with Crippen LogP contribution in [0.2, 0.25) is 0 Å². The summed E-state index contributed by atoms with van der Waals surface area (Å²) in [6, 6.07) is 0. The van der Waals surface area contributed by atoms with Crippen molar-refractivity contribution in [2.24, 2.45) is 10.9 Å². The molecule has 0 spiro atoms. The summed E-state index contributed by atoms with van der Waals surface area (Å²) >= 11 is 0. The van der Waals surface area contributed by atoms with Gasteiger partial charge < -0.3 is 0 Å². The summed E-state index contributed by atoms with van der Waals surface area (Å²) in [5.41, 5.74) is 0.463. The molecule has 0 bridgehead atoms. The lowest BCUT2D eigenvalue weighted by Gasteiger charge is -2.07. The van der Waals surface area contributed by atoms with Gasteiger partial charge >= 0.3 is 0 Å². The number of fused-ring (bicyclic) bond motifs is 1. The van der Waals surface area contributed by atoms with Gasteiger partial charge in [-0.05, 0) is 6.42 Å². The van der Waals surface area contributed by atoms with Crippen molar-refractivity contribution in [3.05, 3.63) is 35.9 Å². The highest BCUT2D eigenvalue weighted by atomic mass is 16.1. The van der Waals surface area contributed by atoms with Crippen molar-refractivity contribution in [3.8, 4) is 0 Å². The van der Waals surface area contributed by atoms with Crippen LogP contribution in [0.25, 0.3) is 6.08 Å². The molecule has 4 heteroatoms. The number of hydrogen-bond donors (Lipinski definition) is 0. The Morgan fingerprint density at radius 2 is 2.43 bits per heavy atom. The first-order valence-corrected chi connectivity index (χ1v) is 4.32. The number of allylic oxidation sites excluding steroid dienone is 1. The molecule has 4 nitrogen and oxygen atoms in total. The molecule has 0 fully saturated rings. The topological polar surface area (TPSA) is 55.2 Å². The lowest BCUT2D eigenvalue weighted by Crippen LogP contribution is -2.36. The van der Waals surface area contributed by atoms with Crippen LogP contribution in [0.5, 0.6) is 0 Å². The normalized spacial score (nSPS) is 19.1. The van der Waals surface area contributed by atoms with Crippen molar-refractivity contribution < 1.29 is 4.79 Å². The van der Waals surface area contributed by atoms with Gasteiger partial charge in [-0.2, -0.15) is 4.99 Å². The molecule has 2 heterocycles. The summed E-state index contributed by atoms with van der Waals surface area (Å²) in [4.78, 5) is 23.1. The maximum atomic E-state index is 11.4. The van der Waals surface area contributed by atoms with E-state index >= 15 is 0 Å². The van der Waals surface area contributed by atoms with Crippen LogP contribution < -0.4 is 10.7 Å². The van der Waals surface area contributed by atoms with E-state index in [1.165, 1.54) is 6.33 Å². The third-order valence-electron chi connectivity index (χ3n) is 2.05. The lowest BCUT2D eigenvalue weighted by atomic mass is 10.0. The van der Waals surface area contributed by atoms with Crippen LogP contribution in [0.15, 0.2) is 30.2 Å². The van der Waals surface area contributed by atoms with Gasteiger partial charge in [0.1, 0.15) is 6.33 Å². The van der Waals surface area contributed by atoms with Gasteiger partial charge in [0.25, 0.3) is 5.91 Å². The average molecular weight is 187 g/mol. The SMILES string of the molecule is C=CCC1C=c2cncnc2=NC1=O. The van der Waals surface area contributed by atoms with Gasteiger partial charge in [-0.25, -0.2) is 9.97 Å². The fourth-order valence-corrected chi connectivity index (χ4v) is 1.37. The van der Waals surface area contributed by atoms with E-state index in [2.05, 4.69) is 21.5 Å². The molecule has 1 amide bonds. The number of hydrogen-bond acceptors (Lipinski definition) is 3. The van der Waals surface area contributed by atoms with E-state index in [-0.39, 0.29) is 11.8 Å². The van der Waals surface area contributed by atoms with Crippen LogP contribution >= 0.6 is 0 Å². The van der Waals surface area contributed by atoms with Crippen LogP contribution in [0, 0.1) is 5.92 Å². The molecule has 0 saturated carbocycles. The first kappa shape index (κ1) is 8.74. The van der Waals surface area contributed by atoms with E-state index < -0.39 is 0 Å². The van der Waals surface area contributed by atoms with Crippen LogP contribution in [-0.4, -0.2) is 15.9 Å². The van der Waals surface area contributed by atoms with E-state index in [0.717, 1.165) is 5.22 Å². The molecular weight excluding hydrogens is 178 g/mol. The second kappa shape index (κ2) is 3.49. The largest absolute Gasteiger partial charge is 0.272 e. The van der Waals surface area contributed by atoms with Crippen LogP contribution in [0.1, 0.15) is 6.42 Å². The Morgan fingerprint density at radius 3 is 3.21 bits per heavy atom. The minimum absolute atomic E-state index is 0.156. The third kappa shape index (κ3) is 1.46. The van der Waals surface area contributed by atoms with Crippen molar-refractivity contribution in [2.75, 3.05) is 0 Å². The van der Waals surface area contributed by atoms with Gasteiger partial charge in [0.15, 0.2) is 5.49 Å². The summed E-state index contributed by atoms with van der Waals surface area (Å²) in [5.74, 6) is -0.359. The number of rotatable bonds is 2. The molecule has 70 valence electrons. The van der Waals surface area contributed by atoms with Crippen molar-refractivity contribution in [3.63, 3.8) is 0 Å². The number of carbonyl (C=O) groups excluding carboxylic acids is 1. The smallest absolute Gasteiger partial charge is 0.254 e.